The third kappa shape index (κ3) is 11.9. The monoisotopic (exact) mass is 481 g/mol. The molecule has 1 aliphatic rings. The van der Waals surface area contributed by atoms with Crippen molar-refractivity contribution in [2.24, 2.45) is 22.6 Å². The fraction of sp³-hybridized carbons (Fsp3) is 0.895. The van der Waals surface area contributed by atoms with Gasteiger partial charge in [-0.3, -0.25) is 9.79 Å². The van der Waals surface area contributed by atoms with E-state index in [9.17, 15) is 4.79 Å². The average Bonchev–Trinajstić information content (AvgIpc) is 2.58. The van der Waals surface area contributed by atoms with Crippen LogP contribution in [0.5, 0.6) is 0 Å². The number of nitrogens with zero attached hydrogens (tertiary/aromatic N) is 2. The highest BCUT2D eigenvalue weighted by molar-refractivity contribution is 14.0. The van der Waals surface area contributed by atoms with E-state index in [4.69, 9.17) is 5.73 Å². The van der Waals surface area contributed by atoms with Crippen LogP contribution in [0.4, 0.5) is 0 Å². The molecule has 1 fully saturated rings. The third-order valence-corrected chi connectivity index (χ3v) is 4.66. The summed E-state index contributed by atoms with van der Waals surface area (Å²) in [5.41, 5.74) is 5.44. The van der Waals surface area contributed by atoms with Gasteiger partial charge in [-0.1, -0.05) is 26.7 Å². The van der Waals surface area contributed by atoms with E-state index in [0.29, 0.717) is 0 Å². The molecule has 154 valence electrons. The first-order valence-electron chi connectivity index (χ1n) is 10.1. The molecule has 7 heteroatoms. The summed E-state index contributed by atoms with van der Waals surface area (Å²) in [6, 6.07) is 0. The Balaban J connectivity index is 0.00000625. The zero-order valence-corrected chi connectivity index (χ0v) is 19.3. The molecule has 0 radical (unpaired) electrons. The summed E-state index contributed by atoms with van der Waals surface area (Å²) >= 11 is 0. The van der Waals surface area contributed by atoms with E-state index < -0.39 is 0 Å². The molecule has 0 bridgehead atoms. The number of nitrogens with two attached hydrogens (primary N) is 1. The molecule has 1 rings (SSSR count). The number of unbranched alkanes of at least 4 members (excludes halogenated alkanes) is 1. The van der Waals surface area contributed by atoms with Crippen molar-refractivity contribution in [3.05, 3.63) is 0 Å². The number of aliphatic imine (C=N–C) groups is 1. The lowest BCUT2D eigenvalue weighted by molar-refractivity contribution is -0.123. The van der Waals surface area contributed by atoms with E-state index in [1.165, 1.54) is 19.3 Å². The normalized spacial score (nSPS) is 18.5. The van der Waals surface area contributed by atoms with Crippen LogP contribution in [0.1, 0.15) is 59.3 Å². The van der Waals surface area contributed by atoms with Gasteiger partial charge in [0.05, 0.1) is 5.92 Å². The first-order chi connectivity index (χ1) is 12.0. The predicted octanol–water partition coefficient (Wildman–Crippen LogP) is 2.57. The second-order valence-corrected chi connectivity index (χ2v) is 7.47. The summed E-state index contributed by atoms with van der Waals surface area (Å²) in [5.74, 6) is 1.58. The number of nitrogens with one attached hydrogen (secondary N) is 2. The minimum Gasteiger partial charge on any atom is -0.369 e. The van der Waals surface area contributed by atoms with Crippen LogP contribution in [-0.2, 0) is 4.79 Å². The van der Waals surface area contributed by atoms with Gasteiger partial charge in [0.25, 0.3) is 0 Å². The van der Waals surface area contributed by atoms with Gasteiger partial charge >= 0.3 is 0 Å². The third-order valence-electron chi connectivity index (χ3n) is 4.66. The van der Waals surface area contributed by atoms with Gasteiger partial charge in [0.1, 0.15) is 0 Å². The Morgan fingerprint density at radius 1 is 1.27 bits per heavy atom. The van der Waals surface area contributed by atoms with E-state index >= 15 is 0 Å². The van der Waals surface area contributed by atoms with Crippen LogP contribution >= 0.6 is 24.0 Å². The Morgan fingerprint density at radius 2 is 2.04 bits per heavy atom. The molecule has 1 aliphatic heterocycles. The lowest BCUT2D eigenvalue weighted by atomic mass is 9.97. The molecule has 6 nitrogen and oxygen atoms in total. The average molecular weight is 481 g/mol. The zero-order chi connectivity index (χ0) is 18.5. The lowest BCUT2D eigenvalue weighted by Crippen LogP contribution is -2.41. The molecule has 0 aromatic carbocycles. The lowest BCUT2D eigenvalue weighted by Gasteiger charge is -2.30. The Hall–Kier alpha value is -0.570. The van der Waals surface area contributed by atoms with Crippen LogP contribution in [0.15, 0.2) is 4.99 Å². The van der Waals surface area contributed by atoms with Gasteiger partial charge < -0.3 is 21.3 Å². The molecule has 4 N–H and O–H groups in total. The molecular weight excluding hydrogens is 441 g/mol. The Labute approximate surface area is 177 Å². The topological polar surface area (TPSA) is 82.8 Å². The van der Waals surface area contributed by atoms with E-state index in [0.717, 1.165) is 70.4 Å². The van der Waals surface area contributed by atoms with Crippen LogP contribution < -0.4 is 16.4 Å². The van der Waals surface area contributed by atoms with Gasteiger partial charge in [0.15, 0.2) is 5.96 Å². The van der Waals surface area contributed by atoms with E-state index in [-0.39, 0.29) is 35.8 Å². The first-order valence-corrected chi connectivity index (χ1v) is 10.1. The Kier molecular flexibility index (Phi) is 15.1. The highest BCUT2D eigenvalue weighted by Gasteiger charge is 2.23. The maximum atomic E-state index is 11.3. The summed E-state index contributed by atoms with van der Waals surface area (Å²) < 4.78 is 0. The molecular formula is C19H40IN5O. The van der Waals surface area contributed by atoms with E-state index in [2.05, 4.69) is 41.3 Å². The van der Waals surface area contributed by atoms with Crippen molar-refractivity contribution in [2.75, 3.05) is 39.3 Å². The minimum atomic E-state index is -0.154. The number of rotatable bonds is 11. The number of piperidine rings is 1. The molecule has 0 aromatic heterocycles. The summed E-state index contributed by atoms with van der Waals surface area (Å²) in [6.07, 6.45) is 6.75. The minimum absolute atomic E-state index is 0. The number of hydrogen-bond acceptors (Lipinski definition) is 3. The van der Waals surface area contributed by atoms with Gasteiger partial charge in [-0.2, -0.15) is 0 Å². The number of likely N-dealkylation sites (tertiary alicyclic amines) is 1. The molecule has 26 heavy (non-hydrogen) atoms. The van der Waals surface area contributed by atoms with Crippen LogP contribution in [0.2, 0.25) is 0 Å². The fourth-order valence-electron chi connectivity index (χ4n) is 3.20. The molecule has 1 heterocycles. The van der Waals surface area contributed by atoms with Gasteiger partial charge in [0, 0.05) is 26.2 Å². The van der Waals surface area contributed by atoms with E-state index in [1.807, 2.05) is 0 Å². The number of amides is 1. The van der Waals surface area contributed by atoms with Gasteiger partial charge in [0.2, 0.25) is 5.91 Å². The molecule has 0 saturated carbocycles. The second kappa shape index (κ2) is 15.5. The maximum Gasteiger partial charge on any atom is 0.221 e. The predicted molar refractivity (Wildman–Crippen MR) is 121 cm³/mol. The summed E-state index contributed by atoms with van der Waals surface area (Å²) in [7, 11) is 0. The number of carbonyl (C=O) groups excluding carboxylic acids is 1. The van der Waals surface area contributed by atoms with Crippen molar-refractivity contribution in [1.82, 2.24) is 15.5 Å². The Bertz CT molecular complexity index is 403. The van der Waals surface area contributed by atoms with Gasteiger partial charge in [-0.05, 0) is 51.6 Å². The summed E-state index contributed by atoms with van der Waals surface area (Å²) in [6.45, 7) is 12.2. The molecule has 0 spiro atoms. The van der Waals surface area contributed by atoms with Crippen LogP contribution in [-0.4, -0.2) is 56.0 Å². The largest absolute Gasteiger partial charge is 0.369 e. The smallest absolute Gasteiger partial charge is 0.221 e. The summed E-state index contributed by atoms with van der Waals surface area (Å²) in [5, 5.41) is 6.73. The van der Waals surface area contributed by atoms with Crippen molar-refractivity contribution >= 4 is 35.8 Å². The SMILES string of the molecule is CCNC(=NCCCN1CCCC(C(N)=O)C1)NCCCCC(C)C.I. The molecule has 1 amide bonds. The molecule has 0 aliphatic carbocycles. The second-order valence-electron chi connectivity index (χ2n) is 7.47. The van der Waals surface area contributed by atoms with Crippen molar-refractivity contribution in [1.29, 1.82) is 0 Å². The molecule has 1 saturated heterocycles. The number of carbonyl (C=O) groups is 1. The van der Waals surface area contributed by atoms with Gasteiger partial charge in [-0.25, -0.2) is 0 Å². The van der Waals surface area contributed by atoms with Crippen LogP contribution in [0, 0.1) is 11.8 Å². The number of hydrogen-bond donors (Lipinski definition) is 3. The highest BCUT2D eigenvalue weighted by Crippen LogP contribution is 2.15. The molecule has 1 unspecified atom stereocenters. The summed E-state index contributed by atoms with van der Waals surface area (Å²) in [4.78, 5) is 18.3. The number of primary amides is 1. The maximum absolute atomic E-state index is 11.3. The van der Waals surface area contributed by atoms with E-state index in [1.54, 1.807) is 0 Å². The van der Waals surface area contributed by atoms with Crippen molar-refractivity contribution in [2.45, 2.75) is 59.3 Å². The standard InChI is InChI=1S/C19H39N5O.HI/c1-4-21-19(22-11-6-5-9-16(2)3)23-12-8-14-24-13-7-10-17(15-24)18(20)25;/h16-17H,4-15H2,1-3H3,(H2,20,25)(H2,21,22,23);1H. The first kappa shape index (κ1) is 25.4. The van der Waals surface area contributed by atoms with Crippen molar-refractivity contribution < 1.29 is 4.79 Å². The fourth-order valence-corrected chi connectivity index (χ4v) is 3.20. The van der Waals surface area contributed by atoms with Crippen molar-refractivity contribution in [3.8, 4) is 0 Å². The van der Waals surface area contributed by atoms with Crippen LogP contribution in [0.3, 0.4) is 0 Å². The highest BCUT2D eigenvalue weighted by atomic mass is 127. The quantitative estimate of drug-likeness (QED) is 0.183. The Morgan fingerprint density at radius 3 is 2.69 bits per heavy atom. The number of halogens is 1. The van der Waals surface area contributed by atoms with Crippen molar-refractivity contribution in [3.63, 3.8) is 0 Å². The van der Waals surface area contributed by atoms with Crippen LogP contribution in [0.25, 0.3) is 0 Å². The molecule has 1 atom stereocenters. The number of guanidine groups is 1. The van der Waals surface area contributed by atoms with Gasteiger partial charge in [-0.15, -0.1) is 24.0 Å². The molecule has 0 aromatic rings. The zero-order valence-electron chi connectivity index (χ0n) is 16.9.